The summed E-state index contributed by atoms with van der Waals surface area (Å²) in [6.45, 7) is 0.376. The zero-order chi connectivity index (χ0) is 20.6. The minimum absolute atomic E-state index is 0. The van der Waals surface area contributed by atoms with Gasteiger partial charge in [0, 0.05) is 6.54 Å². The lowest BCUT2D eigenvalue weighted by atomic mass is 10.1. The van der Waals surface area contributed by atoms with Crippen molar-refractivity contribution in [3.8, 4) is 17.2 Å². The first-order valence-corrected chi connectivity index (χ1v) is 8.45. The Morgan fingerprint density at radius 1 is 1.07 bits per heavy atom. The van der Waals surface area contributed by atoms with Crippen LogP contribution < -0.4 is 25.3 Å². The second kappa shape index (κ2) is 11.6. The molecule has 0 bridgehead atoms. The van der Waals surface area contributed by atoms with Gasteiger partial charge in [0.25, 0.3) is 0 Å². The molecule has 0 heterocycles. The molecule has 160 valence electrons. The van der Waals surface area contributed by atoms with Crippen LogP contribution in [0.5, 0.6) is 17.2 Å². The summed E-state index contributed by atoms with van der Waals surface area (Å²) in [5.74, 6) is 1.08. The quantitative estimate of drug-likeness (QED) is 0.229. The van der Waals surface area contributed by atoms with Gasteiger partial charge in [-0.15, -0.1) is 37.1 Å². The molecular formula is C19H23F3IN3O3. The molecule has 0 aliphatic heterocycles. The number of benzene rings is 2. The number of aliphatic imine (C=N–C) groups is 1. The van der Waals surface area contributed by atoms with Crippen molar-refractivity contribution in [3.05, 3.63) is 48.0 Å². The SMILES string of the molecule is COc1ccc(OC)c(CCCN=C(N)Nc2ccccc2OC(F)(F)F)c1.I. The smallest absolute Gasteiger partial charge is 0.497 e. The molecule has 0 aliphatic carbocycles. The second-order valence-corrected chi connectivity index (χ2v) is 5.72. The number of ether oxygens (including phenoxy) is 3. The van der Waals surface area contributed by atoms with E-state index in [0.717, 1.165) is 17.1 Å². The van der Waals surface area contributed by atoms with E-state index in [2.05, 4.69) is 15.0 Å². The van der Waals surface area contributed by atoms with E-state index in [-0.39, 0.29) is 41.4 Å². The molecule has 0 fully saturated rings. The van der Waals surface area contributed by atoms with Crippen molar-refractivity contribution in [1.82, 2.24) is 0 Å². The van der Waals surface area contributed by atoms with Crippen molar-refractivity contribution in [3.63, 3.8) is 0 Å². The molecular weight excluding hydrogens is 502 g/mol. The molecule has 0 unspecified atom stereocenters. The fourth-order valence-corrected chi connectivity index (χ4v) is 2.51. The van der Waals surface area contributed by atoms with Crippen molar-refractivity contribution in [2.24, 2.45) is 10.7 Å². The van der Waals surface area contributed by atoms with Crippen LogP contribution in [0.3, 0.4) is 0 Å². The zero-order valence-corrected chi connectivity index (χ0v) is 18.3. The molecule has 0 aromatic heterocycles. The summed E-state index contributed by atoms with van der Waals surface area (Å²) >= 11 is 0. The number of guanidine groups is 1. The second-order valence-electron chi connectivity index (χ2n) is 5.72. The Morgan fingerprint density at radius 3 is 2.45 bits per heavy atom. The molecule has 29 heavy (non-hydrogen) atoms. The maximum absolute atomic E-state index is 12.5. The lowest BCUT2D eigenvalue weighted by Crippen LogP contribution is -2.24. The van der Waals surface area contributed by atoms with E-state index < -0.39 is 6.36 Å². The summed E-state index contributed by atoms with van der Waals surface area (Å²) in [6.07, 6.45) is -3.46. The Morgan fingerprint density at radius 2 is 1.79 bits per heavy atom. The summed E-state index contributed by atoms with van der Waals surface area (Å²) in [4.78, 5) is 4.14. The first kappa shape index (κ1) is 24.7. The van der Waals surface area contributed by atoms with E-state index >= 15 is 0 Å². The standard InChI is InChI=1S/C19H22F3N3O3.HI/c1-26-14-9-10-16(27-2)13(12-14)6-5-11-24-18(23)25-15-7-3-4-8-17(15)28-19(20,21)22;/h3-4,7-10,12H,5-6,11H2,1-2H3,(H3,23,24,25);1H. The molecule has 0 spiro atoms. The number of aryl methyl sites for hydroxylation is 1. The van der Waals surface area contributed by atoms with Crippen molar-refractivity contribution in [2.45, 2.75) is 19.2 Å². The van der Waals surface area contributed by atoms with Crippen LogP contribution in [0, 0.1) is 0 Å². The van der Waals surface area contributed by atoms with Crippen molar-refractivity contribution < 1.29 is 27.4 Å². The minimum atomic E-state index is -4.79. The topological polar surface area (TPSA) is 78.1 Å². The van der Waals surface area contributed by atoms with Crippen LogP contribution in [0.15, 0.2) is 47.5 Å². The van der Waals surface area contributed by atoms with E-state index in [9.17, 15) is 13.2 Å². The number of rotatable bonds is 8. The number of hydrogen-bond acceptors (Lipinski definition) is 4. The highest BCUT2D eigenvalue weighted by atomic mass is 127. The predicted octanol–water partition coefficient (Wildman–Crippen LogP) is 4.58. The number of nitrogens with two attached hydrogens (primary N) is 1. The fourth-order valence-electron chi connectivity index (χ4n) is 2.51. The van der Waals surface area contributed by atoms with Crippen molar-refractivity contribution in [2.75, 3.05) is 26.1 Å². The van der Waals surface area contributed by atoms with Crippen molar-refractivity contribution in [1.29, 1.82) is 0 Å². The van der Waals surface area contributed by atoms with Crippen LogP contribution in [0.2, 0.25) is 0 Å². The lowest BCUT2D eigenvalue weighted by molar-refractivity contribution is -0.274. The Labute approximate surface area is 184 Å². The molecule has 10 heteroatoms. The predicted molar refractivity (Wildman–Crippen MR) is 117 cm³/mol. The van der Waals surface area contributed by atoms with Gasteiger partial charge in [-0.3, -0.25) is 4.99 Å². The summed E-state index contributed by atoms with van der Waals surface area (Å²) in [6, 6.07) is 11.1. The first-order valence-electron chi connectivity index (χ1n) is 8.45. The van der Waals surface area contributed by atoms with Gasteiger partial charge in [-0.1, -0.05) is 12.1 Å². The monoisotopic (exact) mass is 525 g/mol. The van der Waals surface area contributed by atoms with Crippen LogP contribution in [-0.2, 0) is 6.42 Å². The van der Waals surface area contributed by atoms with Crippen LogP contribution >= 0.6 is 24.0 Å². The molecule has 6 nitrogen and oxygen atoms in total. The highest BCUT2D eigenvalue weighted by Gasteiger charge is 2.32. The normalized spacial score (nSPS) is 11.4. The molecule has 0 saturated carbocycles. The summed E-state index contributed by atoms with van der Waals surface area (Å²) in [5, 5.41) is 2.63. The van der Waals surface area contributed by atoms with Gasteiger partial charge in [-0.05, 0) is 48.7 Å². The van der Waals surface area contributed by atoms with E-state index in [0.29, 0.717) is 19.4 Å². The first-order chi connectivity index (χ1) is 13.3. The summed E-state index contributed by atoms with van der Waals surface area (Å²) < 4.78 is 51.9. The minimum Gasteiger partial charge on any atom is -0.497 e. The molecule has 2 aromatic carbocycles. The number of anilines is 1. The maximum atomic E-state index is 12.5. The number of nitrogens with zero attached hydrogens (tertiary/aromatic N) is 1. The van der Waals surface area contributed by atoms with Crippen LogP contribution in [0.1, 0.15) is 12.0 Å². The molecule has 0 aliphatic rings. The summed E-state index contributed by atoms with van der Waals surface area (Å²) in [5.41, 5.74) is 6.82. The number of nitrogens with one attached hydrogen (secondary N) is 1. The third-order valence-corrected chi connectivity index (χ3v) is 3.75. The van der Waals surface area contributed by atoms with E-state index in [1.807, 2.05) is 18.2 Å². The highest BCUT2D eigenvalue weighted by molar-refractivity contribution is 14.0. The van der Waals surface area contributed by atoms with Gasteiger partial charge in [-0.25, -0.2) is 0 Å². The van der Waals surface area contributed by atoms with Crippen LogP contribution in [0.25, 0.3) is 0 Å². The number of hydrogen-bond donors (Lipinski definition) is 2. The van der Waals surface area contributed by atoms with Gasteiger partial charge >= 0.3 is 6.36 Å². The average molecular weight is 525 g/mol. The molecule has 2 aromatic rings. The third-order valence-electron chi connectivity index (χ3n) is 3.75. The molecule has 0 radical (unpaired) electrons. The van der Waals surface area contributed by atoms with Gasteiger partial charge in [0.1, 0.15) is 11.5 Å². The van der Waals surface area contributed by atoms with E-state index in [4.69, 9.17) is 15.2 Å². The highest BCUT2D eigenvalue weighted by Crippen LogP contribution is 2.29. The van der Waals surface area contributed by atoms with Gasteiger partial charge in [0.05, 0.1) is 19.9 Å². The van der Waals surface area contributed by atoms with E-state index in [1.165, 1.54) is 18.2 Å². The number of alkyl halides is 3. The van der Waals surface area contributed by atoms with Gasteiger partial charge in [-0.2, -0.15) is 0 Å². The molecule has 2 rings (SSSR count). The largest absolute Gasteiger partial charge is 0.573 e. The fraction of sp³-hybridized carbons (Fsp3) is 0.316. The van der Waals surface area contributed by atoms with Crippen LogP contribution in [0.4, 0.5) is 18.9 Å². The molecule has 3 N–H and O–H groups in total. The lowest BCUT2D eigenvalue weighted by Gasteiger charge is -2.14. The molecule has 0 amide bonds. The molecule has 0 atom stereocenters. The van der Waals surface area contributed by atoms with Gasteiger partial charge < -0.3 is 25.3 Å². The van der Waals surface area contributed by atoms with Gasteiger partial charge in [0.2, 0.25) is 0 Å². The Hall–Kier alpha value is -2.37. The number of para-hydroxylation sites is 2. The van der Waals surface area contributed by atoms with Crippen molar-refractivity contribution >= 4 is 35.6 Å². The molecule has 0 saturated heterocycles. The maximum Gasteiger partial charge on any atom is 0.573 e. The Bertz CT molecular complexity index is 817. The van der Waals surface area contributed by atoms with E-state index in [1.54, 1.807) is 20.3 Å². The van der Waals surface area contributed by atoms with Crippen LogP contribution in [-0.4, -0.2) is 33.1 Å². The zero-order valence-electron chi connectivity index (χ0n) is 16.0. The average Bonchev–Trinajstić information content (AvgIpc) is 2.65. The number of methoxy groups -OCH3 is 2. The summed E-state index contributed by atoms with van der Waals surface area (Å²) in [7, 11) is 3.18. The Balaban J connectivity index is 0.00000420. The van der Waals surface area contributed by atoms with Gasteiger partial charge in [0.15, 0.2) is 11.7 Å². The third kappa shape index (κ3) is 8.26. The Kier molecular flexibility index (Phi) is 9.86. The number of halogens is 4.